The van der Waals surface area contributed by atoms with Crippen molar-refractivity contribution in [2.45, 2.75) is 18.3 Å². The number of hydrogen-bond acceptors (Lipinski definition) is 12. The molecule has 1 unspecified atom stereocenters. The number of aromatic nitrogens is 2. The van der Waals surface area contributed by atoms with E-state index in [1.54, 1.807) is 6.92 Å². The van der Waals surface area contributed by atoms with Crippen LogP contribution >= 0.6 is 34.7 Å². The van der Waals surface area contributed by atoms with E-state index >= 15 is 0 Å². The first-order valence-corrected chi connectivity index (χ1v) is 11.8. The van der Waals surface area contributed by atoms with Gasteiger partial charge in [-0.2, -0.15) is 0 Å². The standard InChI is InChI=1S/C18H17ClN6O7S2/c1-6-9(19)14(24-32-6)31-3-7-4-33-16-11(15(27)25(16)12(7)17(28)29)22-13(26)10(23-30-2)8-5-34-18(20)21-8/h5,11,16H,3-4H2,1-2H3,(H2,20,21)(H,22,26)(H,28,29)/b23-10-/t11?,16-/m1/s1. The molecule has 0 bridgehead atoms. The molecule has 0 aromatic carbocycles. The van der Waals surface area contributed by atoms with E-state index in [1.807, 2.05) is 0 Å². The second kappa shape index (κ2) is 9.52. The Morgan fingerprint density at radius 1 is 1.50 bits per heavy atom. The molecule has 2 atom stereocenters. The number of ether oxygens (including phenoxy) is 1. The Morgan fingerprint density at radius 2 is 2.26 bits per heavy atom. The minimum absolute atomic E-state index is 0.0243. The fourth-order valence-electron chi connectivity index (χ4n) is 3.28. The number of carbonyl (C=O) groups is 3. The number of thioether (sulfide) groups is 1. The molecule has 180 valence electrons. The lowest BCUT2D eigenvalue weighted by atomic mass is 10.0. The lowest BCUT2D eigenvalue weighted by Gasteiger charge is -2.49. The summed E-state index contributed by atoms with van der Waals surface area (Å²) >= 11 is 8.40. The van der Waals surface area contributed by atoms with Crippen LogP contribution in [0.15, 0.2) is 26.3 Å². The Bertz CT molecular complexity index is 1230. The highest BCUT2D eigenvalue weighted by Gasteiger charge is 2.54. The van der Waals surface area contributed by atoms with Crippen molar-refractivity contribution in [3.8, 4) is 5.88 Å². The molecular formula is C18H17ClN6O7S2. The number of carboxylic acid groups (broad SMARTS) is 1. The van der Waals surface area contributed by atoms with Gasteiger partial charge in [-0.3, -0.25) is 14.5 Å². The maximum atomic E-state index is 12.9. The molecule has 4 N–H and O–H groups in total. The van der Waals surface area contributed by atoms with E-state index in [4.69, 9.17) is 31.4 Å². The predicted octanol–water partition coefficient (Wildman–Crippen LogP) is 0.843. The molecule has 4 rings (SSSR count). The lowest BCUT2D eigenvalue weighted by molar-refractivity contribution is -0.150. The predicted molar refractivity (Wildman–Crippen MR) is 122 cm³/mol. The number of anilines is 1. The summed E-state index contributed by atoms with van der Waals surface area (Å²) < 4.78 is 10.4. The third-order valence-corrected chi connectivity index (χ3v) is 7.29. The highest BCUT2D eigenvalue weighted by atomic mass is 35.5. The van der Waals surface area contributed by atoms with Crippen LogP contribution in [-0.4, -0.2) is 74.5 Å². The normalized spacial score (nSPS) is 20.0. The van der Waals surface area contributed by atoms with Gasteiger partial charge in [-0.05, 0) is 12.1 Å². The highest BCUT2D eigenvalue weighted by Crippen LogP contribution is 2.40. The van der Waals surface area contributed by atoms with E-state index in [2.05, 4.69) is 20.6 Å². The zero-order chi connectivity index (χ0) is 24.6. The molecule has 16 heteroatoms. The first-order valence-electron chi connectivity index (χ1n) is 9.50. The molecule has 2 amide bonds. The summed E-state index contributed by atoms with van der Waals surface area (Å²) in [7, 11) is 1.26. The number of β-lactam (4-membered cyclic amide) rings is 1. The van der Waals surface area contributed by atoms with Crippen molar-refractivity contribution >= 4 is 63.3 Å². The molecule has 0 spiro atoms. The first kappa shape index (κ1) is 23.8. The van der Waals surface area contributed by atoms with E-state index in [9.17, 15) is 19.5 Å². The second-order valence-corrected chi connectivity index (χ2v) is 9.33. The summed E-state index contributed by atoms with van der Waals surface area (Å²) in [5.74, 6) is -1.99. The summed E-state index contributed by atoms with van der Waals surface area (Å²) in [5.41, 5.74) is 5.78. The van der Waals surface area contributed by atoms with Gasteiger partial charge in [-0.25, -0.2) is 9.78 Å². The molecule has 0 aliphatic carbocycles. The summed E-state index contributed by atoms with van der Waals surface area (Å²) in [4.78, 5) is 47.4. The number of hydrogen-bond donors (Lipinski definition) is 3. The van der Waals surface area contributed by atoms with Crippen LogP contribution in [0, 0.1) is 6.92 Å². The topological polar surface area (TPSA) is 182 Å². The van der Waals surface area contributed by atoms with Crippen LogP contribution in [0.2, 0.25) is 5.02 Å². The van der Waals surface area contributed by atoms with E-state index in [0.717, 1.165) is 16.2 Å². The number of oxime groups is 1. The molecular weight excluding hydrogens is 512 g/mol. The van der Waals surface area contributed by atoms with Crippen molar-refractivity contribution in [3.63, 3.8) is 0 Å². The van der Waals surface area contributed by atoms with Crippen molar-refractivity contribution in [2.24, 2.45) is 5.16 Å². The SMILES string of the molecule is CO/N=C(\C(=O)NC1C(=O)N2C(C(=O)O)=C(COc3noc(C)c3Cl)CS[C@H]12)c1csc(N)n1. The molecule has 2 aliphatic heterocycles. The van der Waals surface area contributed by atoms with Gasteiger partial charge in [0, 0.05) is 16.7 Å². The minimum Gasteiger partial charge on any atom is -0.477 e. The van der Waals surface area contributed by atoms with Crippen molar-refractivity contribution in [3.05, 3.63) is 33.1 Å². The number of thiazole rings is 1. The number of carboxylic acids is 1. The number of fused-ring (bicyclic) bond motifs is 1. The van der Waals surface area contributed by atoms with Gasteiger partial charge in [0.1, 0.15) is 41.5 Å². The number of amides is 2. The van der Waals surface area contributed by atoms with Gasteiger partial charge < -0.3 is 30.3 Å². The molecule has 13 nitrogen and oxygen atoms in total. The monoisotopic (exact) mass is 528 g/mol. The molecule has 1 saturated heterocycles. The van der Waals surface area contributed by atoms with Crippen LogP contribution in [0.3, 0.4) is 0 Å². The zero-order valence-corrected chi connectivity index (χ0v) is 20.0. The van der Waals surface area contributed by atoms with Crippen LogP contribution in [0.1, 0.15) is 11.5 Å². The number of nitrogens with two attached hydrogens (primary N) is 1. The second-order valence-electron chi connectivity index (χ2n) is 6.96. The summed E-state index contributed by atoms with van der Waals surface area (Å²) in [6.45, 7) is 1.44. The van der Waals surface area contributed by atoms with Gasteiger partial charge in [0.05, 0.1) is 0 Å². The largest absolute Gasteiger partial charge is 0.477 e. The number of aliphatic carboxylic acids is 1. The molecule has 34 heavy (non-hydrogen) atoms. The smallest absolute Gasteiger partial charge is 0.352 e. The number of halogens is 1. The Morgan fingerprint density at radius 3 is 2.85 bits per heavy atom. The van der Waals surface area contributed by atoms with Crippen molar-refractivity contribution in [1.29, 1.82) is 0 Å². The van der Waals surface area contributed by atoms with Gasteiger partial charge in [0.15, 0.2) is 16.6 Å². The number of nitrogens with one attached hydrogen (secondary N) is 1. The number of nitrogens with zero attached hydrogens (tertiary/aromatic N) is 4. The van der Waals surface area contributed by atoms with E-state index < -0.39 is 29.2 Å². The van der Waals surface area contributed by atoms with Crippen LogP contribution in [0.5, 0.6) is 5.88 Å². The van der Waals surface area contributed by atoms with Crippen LogP contribution in [-0.2, 0) is 19.2 Å². The fourth-order valence-corrected chi connectivity index (χ4v) is 5.28. The molecule has 0 radical (unpaired) electrons. The first-order chi connectivity index (χ1) is 16.2. The van der Waals surface area contributed by atoms with Crippen LogP contribution < -0.4 is 15.8 Å². The number of rotatable bonds is 8. The molecule has 2 aliphatic rings. The number of carbonyl (C=O) groups excluding carboxylic acids is 2. The maximum absolute atomic E-state index is 12.9. The van der Waals surface area contributed by atoms with Crippen molar-refractivity contribution in [2.75, 3.05) is 25.2 Å². The maximum Gasteiger partial charge on any atom is 0.352 e. The van der Waals surface area contributed by atoms with E-state index in [0.29, 0.717) is 11.3 Å². The molecule has 2 aromatic rings. The summed E-state index contributed by atoms with van der Waals surface area (Å²) in [6.07, 6.45) is 0. The van der Waals surface area contributed by atoms with Crippen LogP contribution in [0.25, 0.3) is 0 Å². The number of aryl methyl sites for hydroxylation is 1. The van der Waals surface area contributed by atoms with Crippen LogP contribution in [0.4, 0.5) is 5.13 Å². The summed E-state index contributed by atoms with van der Waals surface area (Å²) in [5, 5.41) is 21.0. The van der Waals surface area contributed by atoms with E-state index in [1.165, 1.54) is 24.3 Å². The minimum atomic E-state index is -1.30. The Kier molecular flexibility index (Phi) is 6.67. The molecule has 2 aromatic heterocycles. The van der Waals surface area contributed by atoms with Gasteiger partial charge in [0.25, 0.3) is 17.7 Å². The molecule has 4 heterocycles. The lowest BCUT2D eigenvalue weighted by Crippen LogP contribution is -2.71. The fraction of sp³-hybridized carbons (Fsp3) is 0.333. The molecule has 0 saturated carbocycles. The summed E-state index contributed by atoms with van der Waals surface area (Å²) in [6, 6.07) is -0.972. The Labute approximate surface area is 204 Å². The Balaban J connectivity index is 1.49. The van der Waals surface area contributed by atoms with Gasteiger partial charge in [0.2, 0.25) is 0 Å². The van der Waals surface area contributed by atoms with Gasteiger partial charge in [-0.15, -0.1) is 23.1 Å². The van der Waals surface area contributed by atoms with E-state index in [-0.39, 0.29) is 45.5 Å². The average Bonchev–Trinajstić information content (AvgIpc) is 3.38. The number of nitrogen functional groups attached to an aromatic ring is 1. The van der Waals surface area contributed by atoms with Crippen molar-refractivity contribution < 1.29 is 33.6 Å². The highest BCUT2D eigenvalue weighted by molar-refractivity contribution is 8.00. The Hall–Kier alpha value is -3.30. The van der Waals surface area contributed by atoms with Crippen molar-refractivity contribution in [1.82, 2.24) is 20.4 Å². The average molecular weight is 529 g/mol. The quantitative estimate of drug-likeness (QED) is 0.251. The van der Waals surface area contributed by atoms with Gasteiger partial charge in [-0.1, -0.05) is 16.8 Å². The third-order valence-electron chi connectivity index (χ3n) is 4.84. The molecule has 1 fully saturated rings. The third kappa shape index (κ3) is 4.28. The zero-order valence-electron chi connectivity index (χ0n) is 17.6. The van der Waals surface area contributed by atoms with Gasteiger partial charge >= 0.3 is 5.97 Å².